The number of alkyl halides is 3. The zero-order valence-electron chi connectivity index (χ0n) is 15.6. The van der Waals surface area contributed by atoms with E-state index in [1.54, 1.807) is 6.07 Å². The third-order valence-corrected chi connectivity index (χ3v) is 4.19. The van der Waals surface area contributed by atoms with Gasteiger partial charge in [-0.15, -0.1) is 0 Å². The molecule has 0 spiro atoms. The number of nitrogens with one attached hydrogen (secondary N) is 1. The summed E-state index contributed by atoms with van der Waals surface area (Å²) >= 11 is 0. The molecular weight excluding hydrogens is 392 g/mol. The normalized spacial score (nSPS) is 13.4. The van der Waals surface area contributed by atoms with Crippen molar-refractivity contribution >= 4 is 11.9 Å². The van der Waals surface area contributed by atoms with Crippen molar-refractivity contribution in [2.24, 2.45) is 0 Å². The zero-order valence-corrected chi connectivity index (χ0v) is 15.6. The first-order valence-corrected chi connectivity index (χ1v) is 8.90. The third kappa shape index (κ3) is 5.54. The number of hydrogen-bond acceptors (Lipinski definition) is 3. The van der Waals surface area contributed by atoms with E-state index in [0.717, 1.165) is 0 Å². The van der Waals surface area contributed by atoms with Crippen molar-refractivity contribution in [3.63, 3.8) is 0 Å². The predicted molar refractivity (Wildman–Crippen MR) is 96.2 cm³/mol. The van der Waals surface area contributed by atoms with E-state index in [1.807, 2.05) is 5.32 Å². The van der Waals surface area contributed by atoms with Gasteiger partial charge in [-0.3, -0.25) is 10.1 Å². The number of nitrogens with two attached hydrogens (primary N) is 1. The predicted octanol–water partition coefficient (Wildman–Crippen LogP) is 2.18. The fourth-order valence-electron chi connectivity index (χ4n) is 2.68. The van der Waals surface area contributed by atoms with Gasteiger partial charge >= 0.3 is 17.8 Å². The number of ether oxygens (including phenoxy) is 1. The van der Waals surface area contributed by atoms with Crippen LogP contribution in [0.5, 0.6) is 0 Å². The largest absolute Gasteiger partial charge is 0.478 e. The summed E-state index contributed by atoms with van der Waals surface area (Å²) in [6, 6.07) is 12.5. The standard InChI is InChI=1S/C20H20F4N2O3/c1-2-29-18(28)19(20(22,23)24,26-17(27)15-6-4-3-5-7-15)25-13-12-14-8-10-16(21)11-9-14/h3-11,25H,2,12-13H2,1H3,(H,26,27)/p+1/t19-/m1/s1. The second-order valence-corrected chi connectivity index (χ2v) is 6.22. The Bertz CT molecular complexity index is 826. The van der Waals surface area contributed by atoms with Crippen LogP contribution in [0.1, 0.15) is 22.8 Å². The number of carbonyl (C=O) groups excluding carboxylic acids is 2. The molecule has 0 unspecified atom stereocenters. The van der Waals surface area contributed by atoms with E-state index in [-0.39, 0.29) is 25.1 Å². The molecule has 0 saturated carbocycles. The van der Waals surface area contributed by atoms with Crippen LogP contribution in [0, 0.1) is 5.82 Å². The number of hydrogen-bond donors (Lipinski definition) is 2. The molecule has 0 saturated heterocycles. The Morgan fingerprint density at radius 1 is 1.03 bits per heavy atom. The van der Waals surface area contributed by atoms with Crippen LogP contribution in [0.15, 0.2) is 54.6 Å². The van der Waals surface area contributed by atoms with E-state index in [1.165, 1.54) is 55.5 Å². The van der Waals surface area contributed by atoms with Crippen molar-refractivity contribution in [1.82, 2.24) is 5.32 Å². The molecule has 0 fully saturated rings. The summed E-state index contributed by atoms with van der Waals surface area (Å²) in [5.74, 6) is -3.14. The van der Waals surface area contributed by atoms with E-state index in [9.17, 15) is 27.2 Å². The first-order valence-electron chi connectivity index (χ1n) is 8.90. The maximum atomic E-state index is 14.0. The van der Waals surface area contributed by atoms with Crippen LogP contribution in [0.2, 0.25) is 0 Å². The van der Waals surface area contributed by atoms with E-state index in [2.05, 4.69) is 4.74 Å². The molecule has 0 aliphatic heterocycles. The minimum atomic E-state index is -5.13. The van der Waals surface area contributed by atoms with Gasteiger partial charge in [0, 0.05) is 12.0 Å². The van der Waals surface area contributed by atoms with Crippen molar-refractivity contribution in [3.8, 4) is 0 Å². The smallest absolute Gasteiger partial charge is 0.460 e. The average molecular weight is 413 g/mol. The van der Waals surface area contributed by atoms with Gasteiger partial charge in [-0.2, -0.15) is 13.2 Å². The van der Waals surface area contributed by atoms with Gasteiger partial charge in [-0.05, 0) is 36.8 Å². The van der Waals surface area contributed by atoms with Crippen molar-refractivity contribution in [3.05, 3.63) is 71.5 Å². The van der Waals surface area contributed by atoms with Crippen LogP contribution >= 0.6 is 0 Å². The van der Waals surface area contributed by atoms with Gasteiger partial charge in [0.1, 0.15) is 5.82 Å². The molecule has 9 heteroatoms. The van der Waals surface area contributed by atoms with Crippen LogP contribution in [-0.4, -0.2) is 36.9 Å². The maximum Gasteiger partial charge on any atom is 0.478 e. The Hall–Kier alpha value is -2.94. The lowest BCUT2D eigenvalue weighted by atomic mass is 10.1. The van der Waals surface area contributed by atoms with Gasteiger partial charge in [0.2, 0.25) is 0 Å². The van der Waals surface area contributed by atoms with Crippen molar-refractivity contribution in [2.75, 3.05) is 13.2 Å². The van der Waals surface area contributed by atoms with Gasteiger partial charge in [0.05, 0.1) is 13.2 Å². The average Bonchev–Trinajstić information content (AvgIpc) is 2.68. The molecule has 0 aliphatic rings. The van der Waals surface area contributed by atoms with Crippen molar-refractivity contribution < 1.29 is 37.2 Å². The molecule has 29 heavy (non-hydrogen) atoms. The molecule has 1 atom stereocenters. The van der Waals surface area contributed by atoms with Crippen LogP contribution in [0.4, 0.5) is 17.6 Å². The van der Waals surface area contributed by atoms with Crippen LogP contribution in [0.25, 0.3) is 0 Å². The van der Waals surface area contributed by atoms with Crippen LogP contribution in [0.3, 0.4) is 0 Å². The number of esters is 1. The van der Waals surface area contributed by atoms with Gasteiger partial charge < -0.3 is 10.1 Å². The zero-order chi connectivity index (χ0) is 21.5. The number of halogens is 4. The number of carbonyl (C=O) groups is 2. The lowest BCUT2D eigenvalue weighted by Gasteiger charge is -2.31. The lowest BCUT2D eigenvalue weighted by molar-refractivity contribution is -0.743. The van der Waals surface area contributed by atoms with Crippen LogP contribution < -0.4 is 10.6 Å². The summed E-state index contributed by atoms with van der Waals surface area (Å²) in [4.78, 5) is 24.7. The van der Waals surface area contributed by atoms with Crippen molar-refractivity contribution in [2.45, 2.75) is 25.2 Å². The fraction of sp³-hybridized carbons (Fsp3) is 0.300. The monoisotopic (exact) mass is 413 g/mol. The highest BCUT2D eigenvalue weighted by molar-refractivity contribution is 5.97. The fourth-order valence-corrected chi connectivity index (χ4v) is 2.68. The minimum absolute atomic E-state index is 0.0302. The molecule has 0 bridgehead atoms. The topological polar surface area (TPSA) is 72.0 Å². The van der Waals surface area contributed by atoms with E-state index in [4.69, 9.17) is 0 Å². The van der Waals surface area contributed by atoms with Gasteiger partial charge in [-0.25, -0.2) is 9.18 Å². The number of rotatable bonds is 8. The van der Waals surface area contributed by atoms with E-state index in [0.29, 0.717) is 10.9 Å². The second kappa shape index (κ2) is 9.51. The first kappa shape index (κ1) is 22.4. The molecule has 156 valence electrons. The Labute approximate surface area is 165 Å². The van der Waals surface area contributed by atoms with Crippen molar-refractivity contribution in [1.29, 1.82) is 0 Å². The van der Waals surface area contributed by atoms with E-state index >= 15 is 0 Å². The summed E-state index contributed by atoms with van der Waals surface area (Å²) in [5, 5.41) is 2.50. The summed E-state index contributed by atoms with van der Waals surface area (Å²) in [7, 11) is 0. The van der Waals surface area contributed by atoms with Gasteiger partial charge in [-0.1, -0.05) is 30.3 Å². The number of amides is 1. The molecule has 2 rings (SSSR count). The minimum Gasteiger partial charge on any atom is -0.460 e. The molecule has 0 aromatic heterocycles. The molecule has 0 radical (unpaired) electrons. The maximum absolute atomic E-state index is 14.0. The SMILES string of the molecule is CCOC(=O)[C@](NC(=O)c1ccccc1)([NH2+]CCc1ccc(F)cc1)C(F)(F)F. The highest BCUT2D eigenvalue weighted by atomic mass is 19.4. The molecule has 2 aromatic carbocycles. The van der Waals surface area contributed by atoms with Gasteiger partial charge in [0.15, 0.2) is 0 Å². The molecular formula is C20H21F4N2O3+. The lowest BCUT2D eigenvalue weighted by Crippen LogP contribution is -3.07. The molecule has 1 amide bonds. The second-order valence-electron chi connectivity index (χ2n) is 6.22. The highest BCUT2D eigenvalue weighted by Gasteiger charge is 2.67. The number of benzene rings is 2. The molecule has 0 heterocycles. The molecule has 3 N–H and O–H groups in total. The molecule has 5 nitrogen and oxygen atoms in total. The summed E-state index contributed by atoms with van der Waals surface area (Å²) in [5.41, 5.74) is -2.76. The first-order chi connectivity index (χ1) is 13.7. The van der Waals surface area contributed by atoms with E-state index < -0.39 is 29.5 Å². The Kier molecular flexibility index (Phi) is 7.33. The molecule has 0 aliphatic carbocycles. The molecule has 2 aromatic rings. The third-order valence-electron chi connectivity index (χ3n) is 4.19. The summed E-state index contributed by atoms with van der Waals surface area (Å²) in [6.45, 7) is 0.874. The van der Waals surface area contributed by atoms with Crippen LogP contribution in [-0.2, 0) is 16.0 Å². The van der Waals surface area contributed by atoms with Gasteiger partial charge in [0.25, 0.3) is 5.91 Å². The quantitative estimate of drug-likeness (QED) is 0.396. The Balaban J connectivity index is 2.28. The summed E-state index contributed by atoms with van der Waals surface area (Å²) in [6.07, 6.45) is -5.02. The Morgan fingerprint density at radius 3 is 2.21 bits per heavy atom. The summed E-state index contributed by atoms with van der Waals surface area (Å²) < 4.78 is 59.6. The Morgan fingerprint density at radius 2 is 1.66 bits per heavy atom. The number of quaternary nitrogens is 1. The highest BCUT2D eigenvalue weighted by Crippen LogP contribution is 2.27.